The minimum Gasteiger partial charge on any atom is -0.396 e. The van der Waals surface area contributed by atoms with Gasteiger partial charge in [0.25, 0.3) is 0 Å². The molecule has 0 unspecified atom stereocenters. The molecule has 6 nitrogen and oxygen atoms in total. The van der Waals surface area contributed by atoms with E-state index in [2.05, 4.69) is 15.7 Å². The van der Waals surface area contributed by atoms with Gasteiger partial charge in [-0.15, -0.1) is 0 Å². The Bertz CT molecular complexity index is 670. The summed E-state index contributed by atoms with van der Waals surface area (Å²) in [6.45, 7) is 4.05. The minimum atomic E-state index is -0.473. The molecule has 2 amide bonds. The van der Waals surface area contributed by atoms with Crippen LogP contribution in [0.2, 0.25) is 0 Å². The number of aromatic nitrogens is 2. The van der Waals surface area contributed by atoms with Gasteiger partial charge in [-0.2, -0.15) is 5.10 Å². The van der Waals surface area contributed by atoms with Gasteiger partial charge in [0, 0.05) is 24.5 Å². The molecule has 1 aromatic carbocycles. The second-order valence-corrected chi connectivity index (χ2v) is 4.96. The molecular weight excluding hydrogens is 287 g/mol. The van der Waals surface area contributed by atoms with Crippen LogP contribution in [0, 0.1) is 19.7 Å². The first-order valence-electron chi connectivity index (χ1n) is 7.00. The molecule has 0 atom stereocenters. The standard InChI is InChI=1S/C15H19FN4O2/c1-10-8-11(2)20(19-10)14-5-4-12(9-13(14)16)18-15(22)17-6-3-7-21/h4-5,8-9,21H,3,6-7H2,1-2H3,(H2,17,18,22). The largest absolute Gasteiger partial charge is 0.396 e. The van der Waals surface area contributed by atoms with Crippen molar-refractivity contribution in [3.63, 3.8) is 0 Å². The predicted octanol–water partition coefficient (Wildman–Crippen LogP) is 2.13. The lowest BCUT2D eigenvalue weighted by Gasteiger charge is -2.10. The highest BCUT2D eigenvalue weighted by molar-refractivity contribution is 5.89. The number of carbonyl (C=O) groups is 1. The summed E-state index contributed by atoms with van der Waals surface area (Å²) in [5.74, 6) is -0.473. The lowest BCUT2D eigenvalue weighted by molar-refractivity contribution is 0.249. The number of rotatable bonds is 5. The van der Waals surface area contributed by atoms with Crippen LogP contribution in [0.25, 0.3) is 5.69 Å². The molecule has 3 N–H and O–H groups in total. The van der Waals surface area contributed by atoms with E-state index in [1.165, 1.54) is 10.7 Å². The number of anilines is 1. The van der Waals surface area contributed by atoms with E-state index in [4.69, 9.17) is 5.11 Å². The highest BCUT2D eigenvalue weighted by Gasteiger charge is 2.10. The number of hydrogen-bond donors (Lipinski definition) is 3. The van der Waals surface area contributed by atoms with Crippen molar-refractivity contribution in [3.05, 3.63) is 41.5 Å². The van der Waals surface area contributed by atoms with E-state index in [-0.39, 0.29) is 6.61 Å². The van der Waals surface area contributed by atoms with Crippen LogP contribution in [0.5, 0.6) is 0 Å². The lowest BCUT2D eigenvalue weighted by Crippen LogP contribution is -2.29. The molecule has 2 rings (SSSR count). The molecule has 0 radical (unpaired) electrons. The number of nitrogens with one attached hydrogen (secondary N) is 2. The van der Waals surface area contributed by atoms with Crippen molar-refractivity contribution >= 4 is 11.7 Å². The summed E-state index contributed by atoms with van der Waals surface area (Å²) in [5.41, 5.74) is 2.32. The van der Waals surface area contributed by atoms with E-state index in [0.717, 1.165) is 11.4 Å². The molecule has 0 fully saturated rings. The minimum absolute atomic E-state index is 0.00619. The zero-order valence-electron chi connectivity index (χ0n) is 12.6. The van der Waals surface area contributed by atoms with E-state index < -0.39 is 11.8 Å². The fourth-order valence-corrected chi connectivity index (χ4v) is 2.09. The number of urea groups is 1. The highest BCUT2D eigenvalue weighted by atomic mass is 19.1. The Labute approximate surface area is 128 Å². The fourth-order valence-electron chi connectivity index (χ4n) is 2.09. The summed E-state index contributed by atoms with van der Waals surface area (Å²) >= 11 is 0. The maximum absolute atomic E-state index is 14.2. The van der Waals surface area contributed by atoms with Crippen LogP contribution in [0.15, 0.2) is 24.3 Å². The van der Waals surface area contributed by atoms with E-state index in [1.54, 1.807) is 12.1 Å². The van der Waals surface area contributed by atoms with Crippen molar-refractivity contribution in [3.8, 4) is 5.69 Å². The number of aliphatic hydroxyl groups excluding tert-OH is 1. The third-order valence-electron chi connectivity index (χ3n) is 3.06. The van der Waals surface area contributed by atoms with Crippen LogP contribution >= 0.6 is 0 Å². The zero-order valence-corrected chi connectivity index (χ0v) is 12.6. The van der Waals surface area contributed by atoms with Gasteiger partial charge in [-0.1, -0.05) is 0 Å². The molecule has 0 aliphatic rings. The van der Waals surface area contributed by atoms with Gasteiger partial charge < -0.3 is 15.7 Å². The summed E-state index contributed by atoms with van der Waals surface area (Å²) in [6, 6.07) is 5.85. The number of carbonyl (C=O) groups excluding carboxylic acids is 1. The van der Waals surface area contributed by atoms with Gasteiger partial charge in [0.1, 0.15) is 5.69 Å². The van der Waals surface area contributed by atoms with Crippen LogP contribution in [0.1, 0.15) is 17.8 Å². The Kier molecular flexibility index (Phi) is 5.11. The number of nitrogens with zero attached hydrogens (tertiary/aromatic N) is 2. The maximum atomic E-state index is 14.2. The van der Waals surface area contributed by atoms with E-state index >= 15 is 0 Å². The third-order valence-corrected chi connectivity index (χ3v) is 3.06. The molecular formula is C15H19FN4O2. The van der Waals surface area contributed by atoms with Crippen molar-refractivity contribution < 1.29 is 14.3 Å². The molecule has 7 heteroatoms. The van der Waals surface area contributed by atoms with Crippen LogP contribution in [-0.4, -0.2) is 34.1 Å². The summed E-state index contributed by atoms with van der Waals surface area (Å²) in [5, 5.41) is 18.0. The van der Waals surface area contributed by atoms with Crippen molar-refractivity contribution in [1.29, 1.82) is 0 Å². The first-order valence-corrected chi connectivity index (χ1v) is 7.00. The van der Waals surface area contributed by atoms with Gasteiger partial charge in [-0.3, -0.25) is 0 Å². The Morgan fingerprint density at radius 2 is 2.14 bits per heavy atom. The molecule has 0 aliphatic heterocycles. The lowest BCUT2D eigenvalue weighted by atomic mass is 10.2. The fraction of sp³-hybridized carbons (Fsp3) is 0.333. The smallest absolute Gasteiger partial charge is 0.319 e. The summed E-state index contributed by atoms with van der Waals surface area (Å²) in [6.07, 6.45) is 0.471. The molecule has 118 valence electrons. The zero-order chi connectivity index (χ0) is 16.1. The van der Waals surface area contributed by atoms with Crippen LogP contribution in [0.3, 0.4) is 0 Å². The Morgan fingerprint density at radius 1 is 1.36 bits per heavy atom. The SMILES string of the molecule is Cc1cc(C)n(-c2ccc(NC(=O)NCCCO)cc2F)n1. The van der Waals surface area contributed by atoms with Gasteiger partial charge in [0.2, 0.25) is 0 Å². The Morgan fingerprint density at radius 3 is 2.73 bits per heavy atom. The van der Waals surface area contributed by atoms with Gasteiger partial charge in [0.05, 0.1) is 5.69 Å². The van der Waals surface area contributed by atoms with E-state index in [0.29, 0.717) is 24.3 Å². The number of halogens is 1. The molecule has 0 aliphatic carbocycles. The number of aliphatic hydroxyl groups is 1. The van der Waals surface area contributed by atoms with Crippen molar-refractivity contribution in [1.82, 2.24) is 15.1 Å². The van der Waals surface area contributed by atoms with Crippen molar-refractivity contribution in [2.45, 2.75) is 20.3 Å². The normalized spacial score (nSPS) is 10.5. The number of aryl methyl sites for hydroxylation is 2. The first kappa shape index (κ1) is 16.0. The maximum Gasteiger partial charge on any atom is 0.319 e. The predicted molar refractivity (Wildman–Crippen MR) is 81.7 cm³/mol. The first-order chi connectivity index (χ1) is 10.5. The number of amides is 2. The summed E-state index contributed by atoms with van der Waals surface area (Å²) in [7, 11) is 0. The van der Waals surface area contributed by atoms with Gasteiger partial charge in [-0.25, -0.2) is 13.9 Å². The second-order valence-electron chi connectivity index (χ2n) is 4.96. The van der Waals surface area contributed by atoms with Crippen molar-refractivity contribution in [2.24, 2.45) is 0 Å². The molecule has 0 saturated carbocycles. The average molecular weight is 306 g/mol. The van der Waals surface area contributed by atoms with Gasteiger partial charge >= 0.3 is 6.03 Å². The Hall–Kier alpha value is -2.41. The highest BCUT2D eigenvalue weighted by Crippen LogP contribution is 2.19. The van der Waals surface area contributed by atoms with Crippen molar-refractivity contribution in [2.75, 3.05) is 18.5 Å². The topological polar surface area (TPSA) is 79.2 Å². The molecule has 1 aromatic heterocycles. The van der Waals surface area contributed by atoms with Crippen LogP contribution < -0.4 is 10.6 Å². The van der Waals surface area contributed by atoms with Gasteiger partial charge in [-0.05, 0) is 44.5 Å². The molecule has 0 bridgehead atoms. The quantitative estimate of drug-likeness (QED) is 0.740. The molecule has 0 saturated heterocycles. The Balaban J connectivity index is 2.10. The molecule has 1 heterocycles. The summed E-state index contributed by atoms with van der Waals surface area (Å²) in [4.78, 5) is 11.6. The van der Waals surface area contributed by atoms with Gasteiger partial charge in [0.15, 0.2) is 5.82 Å². The van der Waals surface area contributed by atoms with Crippen LogP contribution in [0.4, 0.5) is 14.9 Å². The third kappa shape index (κ3) is 3.82. The van der Waals surface area contributed by atoms with Crippen LogP contribution in [-0.2, 0) is 0 Å². The second kappa shape index (κ2) is 7.04. The van der Waals surface area contributed by atoms with E-state index in [9.17, 15) is 9.18 Å². The number of hydrogen-bond acceptors (Lipinski definition) is 3. The number of benzene rings is 1. The summed E-state index contributed by atoms with van der Waals surface area (Å²) < 4.78 is 15.7. The molecule has 22 heavy (non-hydrogen) atoms. The molecule has 2 aromatic rings. The monoisotopic (exact) mass is 306 g/mol. The van der Waals surface area contributed by atoms with E-state index in [1.807, 2.05) is 19.9 Å². The average Bonchev–Trinajstić information content (AvgIpc) is 2.78. The molecule has 0 spiro atoms.